The van der Waals surface area contributed by atoms with Crippen molar-refractivity contribution in [1.29, 1.82) is 0 Å². The molecule has 8 N–H and O–H groups in total. The molecule has 2 aromatic heterocycles. The number of sulfone groups is 2. The average molecular weight is 1080 g/mol. The Balaban J connectivity index is 1.55. The predicted molar refractivity (Wildman–Crippen MR) is 240 cm³/mol. The molecule has 0 aliphatic heterocycles. The van der Waals surface area contributed by atoms with E-state index in [4.69, 9.17) is 9.11 Å². The van der Waals surface area contributed by atoms with Crippen LogP contribution in [-0.4, -0.2) is 118 Å². The maximum absolute atomic E-state index is 12.9. The van der Waals surface area contributed by atoms with Gasteiger partial charge in [0.2, 0.25) is 23.7 Å². The summed E-state index contributed by atoms with van der Waals surface area (Å²) in [6, 6.07) is 12.7. The zero-order valence-corrected chi connectivity index (χ0v) is 40.0. The number of aromatic hydroxyl groups is 1. The van der Waals surface area contributed by atoms with E-state index in [0.717, 1.165) is 36.4 Å². The number of rotatable bonds is 22. The Morgan fingerprint density at radius 2 is 1.13 bits per heavy atom. The second-order valence-electron chi connectivity index (χ2n) is 13.8. The third-order valence-corrected chi connectivity index (χ3v) is 14.7. The van der Waals surface area contributed by atoms with E-state index in [1.54, 1.807) is 0 Å². The average Bonchev–Trinajstić information content (AvgIpc) is 3.21. The molecule has 5 aromatic rings. The van der Waals surface area contributed by atoms with E-state index in [1.165, 1.54) is 44.2 Å². The highest BCUT2D eigenvalue weighted by Crippen LogP contribution is 2.36. The number of anilines is 6. The van der Waals surface area contributed by atoms with Crippen molar-refractivity contribution in [3.63, 3.8) is 0 Å². The second-order valence-corrected chi connectivity index (χ2v) is 23.0. The number of hydrogen-bond acceptors (Lipinski definition) is 24. The van der Waals surface area contributed by atoms with Gasteiger partial charge in [-0.05, 0) is 80.1 Å². The van der Waals surface area contributed by atoms with Crippen molar-refractivity contribution in [2.45, 2.75) is 40.8 Å². The minimum Gasteiger partial charge on any atom is -0.493 e. The molecule has 3 aromatic carbocycles. The van der Waals surface area contributed by atoms with Gasteiger partial charge in [-0.25, -0.2) is 25.2 Å². The molecule has 0 spiro atoms. The van der Waals surface area contributed by atoms with Gasteiger partial charge >= 0.3 is 20.8 Å². The van der Waals surface area contributed by atoms with E-state index in [9.17, 15) is 69.5 Å². The minimum atomic E-state index is -5.07. The van der Waals surface area contributed by atoms with Crippen molar-refractivity contribution in [1.82, 2.24) is 19.5 Å². The summed E-state index contributed by atoms with van der Waals surface area (Å²) in [7, 11) is -28.1. The topological polar surface area (TPSA) is 446 Å². The first-order chi connectivity index (χ1) is 31.8. The van der Waals surface area contributed by atoms with Crippen molar-refractivity contribution in [3.05, 3.63) is 88.2 Å². The molecule has 0 unspecified atom stereocenters. The van der Waals surface area contributed by atoms with Gasteiger partial charge in [0.1, 0.15) is 22.0 Å². The number of nitrogens with zero attached hydrogens (tertiary/aromatic N) is 6. The lowest BCUT2D eigenvalue weighted by molar-refractivity contribution is 0.282. The molecule has 0 bridgehead atoms. The standard InChI is InChI=1S/C34H37N9O20S6/c1-3-43-30(44)26(19-66(50,51)52)20(2)29(31(43)45)42-41-27-18-23(9-12-28(27)67(53,54)55)37-34-39-32(35-21-7-10-24(11-8-21)64(46,47)15-13-62-68(56,57)58)38-33(40-34)36-22-5-4-6-25(17-22)65(48,49)16-14-63-69(59,60)61/h4-12,17-18,45H,3,13-16,19H2,1-2H3,(H,50,51,52)(H,53,54,55)(H,56,57,58)(H,59,60,61)(H3,35,36,37,38,39,40). The number of pyridine rings is 1. The van der Waals surface area contributed by atoms with Gasteiger partial charge in [0, 0.05) is 29.2 Å². The Labute approximate surface area is 392 Å². The fourth-order valence-electron chi connectivity index (χ4n) is 5.80. The summed E-state index contributed by atoms with van der Waals surface area (Å²) in [6.07, 6.45) is 0. The SMILES string of the molecule is CCn1c(O)c(N=Nc2cc(Nc3nc(Nc4ccc(S(=O)(=O)CCOS(=O)(=O)O)cc4)nc(Nc4cccc(S(=O)(=O)CCOS(=O)(=O)O)c4)n3)ccc2S(=O)(=O)O)c(C)c(CS(=O)(=O)O)c1=O. The van der Waals surface area contributed by atoms with E-state index >= 15 is 0 Å². The normalized spacial score (nSPS) is 12.8. The third kappa shape index (κ3) is 15.2. The smallest absolute Gasteiger partial charge is 0.397 e. The number of nitrogens with one attached hydrogen (secondary N) is 3. The molecule has 35 heteroatoms. The fourth-order valence-corrected chi connectivity index (χ4v) is 10.1. The molecule has 0 saturated heterocycles. The number of azo groups is 1. The lowest BCUT2D eigenvalue weighted by atomic mass is 10.1. The monoisotopic (exact) mass is 1080 g/mol. The van der Waals surface area contributed by atoms with E-state index in [0.29, 0.717) is 4.57 Å². The predicted octanol–water partition coefficient (Wildman–Crippen LogP) is 2.53. The summed E-state index contributed by atoms with van der Waals surface area (Å²) in [5.41, 5.74) is -2.79. The van der Waals surface area contributed by atoms with Crippen LogP contribution in [0.15, 0.2) is 96.4 Å². The van der Waals surface area contributed by atoms with Crippen LogP contribution in [0, 0.1) is 6.92 Å². The maximum atomic E-state index is 12.9. The van der Waals surface area contributed by atoms with Gasteiger partial charge in [-0.1, -0.05) is 6.07 Å². The molecule has 29 nitrogen and oxygen atoms in total. The minimum absolute atomic E-state index is 0.0234. The summed E-state index contributed by atoms with van der Waals surface area (Å²) in [6.45, 7) is 0.564. The Bertz CT molecular complexity index is 3580. The quantitative estimate of drug-likeness (QED) is 0.0364. The lowest BCUT2D eigenvalue weighted by Crippen LogP contribution is -2.26. The molecule has 5 rings (SSSR count). The van der Waals surface area contributed by atoms with Crippen LogP contribution in [0.4, 0.5) is 46.3 Å². The van der Waals surface area contributed by atoms with E-state index in [1.807, 2.05) is 0 Å². The Morgan fingerprint density at radius 3 is 1.62 bits per heavy atom. The highest BCUT2D eigenvalue weighted by atomic mass is 32.3. The molecule has 69 heavy (non-hydrogen) atoms. The summed E-state index contributed by atoms with van der Waals surface area (Å²) in [4.78, 5) is 24.2. The zero-order chi connectivity index (χ0) is 51.3. The van der Waals surface area contributed by atoms with Crippen LogP contribution in [0.1, 0.15) is 18.1 Å². The molecule has 0 fully saturated rings. The summed E-state index contributed by atoms with van der Waals surface area (Å²) in [5, 5.41) is 26.9. The third-order valence-electron chi connectivity index (χ3n) is 8.90. The molecule has 0 aliphatic carbocycles. The molecule has 2 heterocycles. The Kier molecular flexibility index (Phi) is 16.3. The Hall–Kier alpha value is -6.12. The largest absolute Gasteiger partial charge is 0.493 e. The van der Waals surface area contributed by atoms with Crippen molar-refractivity contribution in [2.24, 2.45) is 10.2 Å². The molecular weight excluding hydrogens is 1050 g/mol. The number of benzene rings is 3. The van der Waals surface area contributed by atoms with E-state index < -0.39 is 124 Å². The highest BCUT2D eigenvalue weighted by molar-refractivity contribution is 7.91. The molecule has 0 radical (unpaired) electrons. The van der Waals surface area contributed by atoms with Gasteiger partial charge in [0.05, 0.1) is 34.5 Å². The van der Waals surface area contributed by atoms with Crippen molar-refractivity contribution < 1.29 is 82.2 Å². The van der Waals surface area contributed by atoms with Crippen LogP contribution < -0.4 is 21.5 Å². The van der Waals surface area contributed by atoms with Crippen LogP contribution in [0.3, 0.4) is 0 Å². The first-order valence-corrected chi connectivity index (χ1v) is 27.8. The van der Waals surface area contributed by atoms with Crippen LogP contribution >= 0.6 is 0 Å². The highest BCUT2D eigenvalue weighted by Gasteiger charge is 2.24. The van der Waals surface area contributed by atoms with Crippen LogP contribution in [0.2, 0.25) is 0 Å². The maximum Gasteiger partial charge on any atom is 0.397 e. The van der Waals surface area contributed by atoms with Crippen LogP contribution in [-0.2, 0) is 81.4 Å². The van der Waals surface area contributed by atoms with Crippen molar-refractivity contribution >= 4 is 107 Å². The van der Waals surface area contributed by atoms with Gasteiger partial charge in [0.15, 0.2) is 19.7 Å². The lowest BCUT2D eigenvalue weighted by Gasteiger charge is -2.14. The second kappa shape index (κ2) is 20.9. The molecule has 0 saturated carbocycles. The Morgan fingerprint density at radius 1 is 0.638 bits per heavy atom. The van der Waals surface area contributed by atoms with Gasteiger partial charge in [-0.15, -0.1) is 10.2 Å². The molecular formula is C34H37N9O20S6. The molecule has 0 atom stereocenters. The van der Waals surface area contributed by atoms with Gasteiger partial charge in [-0.2, -0.15) is 48.6 Å². The zero-order valence-electron chi connectivity index (χ0n) is 35.1. The van der Waals surface area contributed by atoms with Gasteiger partial charge in [0.25, 0.3) is 25.8 Å². The van der Waals surface area contributed by atoms with Crippen molar-refractivity contribution in [2.75, 3.05) is 40.7 Å². The van der Waals surface area contributed by atoms with Gasteiger partial charge < -0.3 is 21.1 Å². The van der Waals surface area contributed by atoms with E-state index in [-0.39, 0.29) is 56.8 Å². The first-order valence-electron chi connectivity index (χ1n) is 18.7. The number of hydrogen-bond donors (Lipinski definition) is 8. The first kappa shape index (κ1) is 53.8. The summed E-state index contributed by atoms with van der Waals surface area (Å²) < 4.78 is 189. The fraction of sp³-hybridized carbons (Fsp3) is 0.235. The van der Waals surface area contributed by atoms with Crippen molar-refractivity contribution in [3.8, 4) is 5.88 Å². The number of aromatic nitrogens is 4. The molecule has 0 amide bonds. The molecule has 0 aliphatic rings. The van der Waals surface area contributed by atoms with Crippen LogP contribution in [0.25, 0.3) is 0 Å². The molecule has 374 valence electrons. The van der Waals surface area contributed by atoms with Gasteiger partial charge in [-0.3, -0.25) is 27.6 Å². The van der Waals surface area contributed by atoms with E-state index in [2.05, 4.69) is 49.5 Å². The van der Waals surface area contributed by atoms with Crippen LogP contribution in [0.5, 0.6) is 5.88 Å². The summed E-state index contributed by atoms with van der Waals surface area (Å²) in [5.74, 6) is -4.69. The summed E-state index contributed by atoms with van der Waals surface area (Å²) >= 11 is 0.